The quantitative estimate of drug-likeness (QED) is 0.620. The van der Waals surface area contributed by atoms with Crippen molar-refractivity contribution < 1.29 is 4.79 Å². The number of amides is 1. The van der Waals surface area contributed by atoms with Gasteiger partial charge in [-0.25, -0.2) is 0 Å². The summed E-state index contributed by atoms with van der Waals surface area (Å²) in [5.74, 6) is 1.35. The molecule has 1 aromatic carbocycles. The Bertz CT molecular complexity index is 1010. The lowest BCUT2D eigenvalue weighted by Gasteiger charge is -2.22. The maximum absolute atomic E-state index is 13.0. The van der Waals surface area contributed by atoms with Gasteiger partial charge in [0.1, 0.15) is 0 Å². The topological polar surface area (TPSA) is 63.9 Å². The number of carbonyl (C=O) groups is 1. The molecule has 2 aromatic heterocycles. The SMILES string of the molecule is C[C@@H]1Cc2ccccc2N1C(=O)CSc1nnc(-c2ccncc2)n1C1CC1. The predicted molar refractivity (Wildman–Crippen MR) is 109 cm³/mol. The van der Waals surface area contributed by atoms with Crippen LogP contribution in [0.2, 0.25) is 0 Å². The van der Waals surface area contributed by atoms with Crippen LogP contribution in [0, 0.1) is 0 Å². The summed E-state index contributed by atoms with van der Waals surface area (Å²) in [5.41, 5.74) is 3.30. The highest BCUT2D eigenvalue weighted by Crippen LogP contribution is 2.41. The Morgan fingerprint density at radius 2 is 1.93 bits per heavy atom. The Hall–Kier alpha value is -2.67. The van der Waals surface area contributed by atoms with Crippen LogP contribution in [0.5, 0.6) is 0 Å². The summed E-state index contributed by atoms with van der Waals surface area (Å²) in [4.78, 5) is 19.0. The molecule has 2 aliphatic rings. The molecule has 0 radical (unpaired) electrons. The summed E-state index contributed by atoms with van der Waals surface area (Å²) in [7, 11) is 0. The first-order chi connectivity index (χ1) is 13.7. The molecule has 0 spiro atoms. The van der Waals surface area contributed by atoms with Crippen molar-refractivity contribution in [1.29, 1.82) is 0 Å². The zero-order valence-electron chi connectivity index (χ0n) is 15.7. The molecule has 1 fully saturated rings. The van der Waals surface area contributed by atoms with Gasteiger partial charge in [0.05, 0.1) is 5.75 Å². The third-order valence-electron chi connectivity index (χ3n) is 5.32. The number of hydrogen-bond acceptors (Lipinski definition) is 5. The lowest BCUT2D eigenvalue weighted by Crippen LogP contribution is -2.37. The minimum Gasteiger partial charge on any atom is -0.308 e. The molecule has 1 aliphatic carbocycles. The molecular formula is C21H21N5OS. The molecule has 28 heavy (non-hydrogen) atoms. The van der Waals surface area contributed by atoms with Gasteiger partial charge in [0.25, 0.3) is 0 Å². The van der Waals surface area contributed by atoms with E-state index in [1.54, 1.807) is 12.4 Å². The zero-order chi connectivity index (χ0) is 19.1. The molecule has 3 aromatic rings. The molecule has 7 heteroatoms. The van der Waals surface area contributed by atoms with Crippen molar-refractivity contribution in [2.45, 2.75) is 43.4 Å². The highest BCUT2D eigenvalue weighted by molar-refractivity contribution is 7.99. The van der Waals surface area contributed by atoms with E-state index in [4.69, 9.17) is 0 Å². The van der Waals surface area contributed by atoms with Crippen LogP contribution in [0.15, 0.2) is 53.9 Å². The van der Waals surface area contributed by atoms with Crippen LogP contribution in [0.1, 0.15) is 31.4 Å². The molecule has 1 aliphatic heterocycles. The van der Waals surface area contributed by atoms with Gasteiger partial charge in [-0.1, -0.05) is 30.0 Å². The maximum Gasteiger partial charge on any atom is 0.237 e. The Morgan fingerprint density at radius 3 is 2.71 bits per heavy atom. The van der Waals surface area contributed by atoms with Crippen LogP contribution < -0.4 is 4.90 Å². The van der Waals surface area contributed by atoms with E-state index in [2.05, 4.69) is 32.7 Å². The zero-order valence-corrected chi connectivity index (χ0v) is 16.5. The lowest BCUT2D eigenvalue weighted by molar-refractivity contribution is -0.116. The molecule has 0 bridgehead atoms. The molecule has 142 valence electrons. The number of para-hydroxylation sites is 1. The molecule has 3 heterocycles. The van der Waals surface area contributed by atoms with Crippen LogP contribution in [0.3, 0.4) is 0 Å². The number of rotatable bonds is 5. The average molecular weight is 392 g/mol. The van der Waals surface area contributed by atoms with Crippen molar-refractivity contribution >= 4 is 23.4 Å². The fourth-order valence-corrected chi connectivity index (χ4v) is 4.74. The first-order valence-corrected chi connectivity index (χ1v) is 10.6. The van der Waals surface area contributed by atoms with Crippen molar-refractivity contribution in [2.75, 3.05) is 10.7 Å². The molecule has 1 saturated carbocycles. The molecule has 6 nitrogen and oxygen atoms in total. The van der Waals surface area contributed by atoms with Gasteiger partial charge in [0.15, 0.2) is 11.0 Å². The standard InChI is InChI=1S/C21H21N5OS/c1-14-12-16-4-2-3-5-18(16)25(14)19(27)13-28-21-24-23-20(26(21)17-6-7-17)15-8-10-22-11-9-15/h2-5,8-11,14,17H,6-7,12-13H2,1H3/t14-/m1/s1. The van der Waals surface area contributed by atoms with E-state index in [1.807, 2.05) is 35.2 Å². The van der Waals surface area contributed by atoms with Crippen LogP contribution in [-0.2, 0) is 11.2 Å². The highest BCUT2D eigenvalue weighted by Gasteiger charge is 2.33. The Balaban J connectivity index is 1.36. The first-order valence-electron chi connectivity index (χ1n) is 9.60. The van der Waals surface area contributed by atoms with Gasteiger partial charge in [0, 0.05) is 35.7 Å². The van der Waals surface area contributed by atoms with Gasteiger partial charge in [-0.05, 0) is 49.9 Å². The molecule has 5 rings (SSSR count). The fourth-order valence-electron chi connectivity index (χ4n) is 3.88. The number of pyridine rings is 1. The van der Waals surface area contributed by atoms with Crippen LogP contribution >= 0.6 is 11.8 Å². The number of carbonyl (C=O) groups excluding carboxylic acids is 1. The van der Waals surface area contributed by atoms with Crippen molar-refractivity contribution in [3.05, 3.63) is 54.4 Å². The number of thioether (sulfide) groups is 1. The van der Waals surface area contributed by atoms with E-state index in [9.17, 15) is 4.79 Å². The molecule has 1 amide bonds. The van der Waals surface area contributed by atoms with E-state index in [-0.39, 0.29) is 11.9 Å². The van der Waals surface area contributed by atoms with Crippen molar-refractivity contribution in [2.24, 2.45) is 0 Å². The normalized spacial score (nSPS) is 18.3. The summed E-state index contributed by atoms with van der Waals surface area (Å²) in [6.45, 7) is 2.11. The number of benzene rings is 1. The van der Waals surface area contributed by atoms with E-state index < -0.39 is 0 Å². The van der Waals surface area contributed by atoms with Gasteiger partial charge in [-0.2, -0.15) is 0 Å². The summed E-state index contributed by atoms with van der Waals surface area (Å²) >= 11 is 1.49. The van der Waals surface area contributed by atoms with E-state index in [0.29, 0.717) is 11.8 Å². The van der Waals surface area contributed by atoms with Crippen molar-refractivity contribution in [3.63, 3.8) is 0 Å². The number of nitrogens with zero attached hydrogens (tertiary/aromatic N) is 5. The maximum atomic E-state index is 13.0. The second-order valence-electron chi connectivity index (χ2n) is 7.38. The smallest absolute Gasteiger partial charge is 0.237 e. The Labute approximate surface area is 168 Å². The number of hydrogen-bond donors (Lipinski definition) is 0. The second-order valence-corrected chi connectivity index (χ2v) is 8.32. The first kappa shape index (κ1) is 17.4. The molecule has 1 atom stereocenters. The van der Waals surface area contributed by atoms with Gasteiger partial charge in [0.2, 0.25) is 5.91 Å². The summed E-state index contributed by atoms with van der Waals surface area (Å²) in [6, 6.07) is 12.7. The van der Waals surface area contributed by atoms with E-state index in [1.165, 1.54) is 17.3 Å². The lowest BCUT2D eigenvalue weighted by atomic mass is 10.1. The highest BCUT2D eigenvalue weighted by atomic mass is 32.2. The third kappa shape index (κ3) is 3.09. The van der Waals surface area contributed by atoms with Crippen LogP contribution in [-0.4, -0.2) is 37.5 Å². The monoisotopic (exact) mass is 391 g/mol. The van der Waals surface area contributed by atoms with E-state index >= 15 is 0 Å². The largest absolute Gasteiger partial charge is 0.308 e. The second kappa shape index (κ2) is 7.05. The summed E-state index contributed by atoms with van der Waals surface area (Å²) in [6.07, 6.45) is 6.72. The molecule has 0 saturated heterocycles. The molecular weight excluding hydrogens is 370 g/mol. The minimum absolute atomic E-state index is 0.123. The Kier molecular flexibility index (Phi) is 4.39. The average Bonchev–Trinajstić information content (AvgIpc) is 3.37. The van der Waals surface area contributed by atoms with Crippen LogP contribution in [0.25, 0.3) is 11.4 Å². The minimum atomic E-state index is 0.123. The Morgan fingerprint density at radius 1 is 1.14 bits per heavy atom. The molecule has 0 unspecified atom stereocenters. The van der Waals surface area contributed by atoms with Gasteiger partial charge in [-0.15, -0.1) is 10.2 Å². The van der Waals surface area contributed by atoms with Gasteiger partial charge >= 0.3 is 0 Å². The summed E-state index contributed by atoms with van der Waals surface area (Å²) < 4.78 is 2.19. The van der Waals surface area contributed by atoms with Crippen molar-refractivity contribution in [3.8, 4) is 11.4 Å². The van der Waals surface area contributed by atoms with Crippen LogP contribution in [0.4, 0.5) is 5.69 Å². The number of fused-ring (bicyclic) bond motifs is 1. The third-order valence-corrected chi connectivity index (χ3v) is 6.24. The number of aromatic nitrogens is 4. The number of anilines is 1. The fraction of sp³-hybridized carbons (Fsp3) is 0.333. The van der Waals surface area contributed by atoms with Crippen molar-refractivity contribution in [1.82, 2.24) is 19.7 Å². The van der Waals surface area contributed by atoms with Gasteiger partial charge in [-0.3, -0.25) is 14.3 Å². The van der Waals surface area contributed by atoms with Gasteiger partial charge < -0.3 is 4.90 Å². The van der Waals surface area contributed by atoms with E-state index in [0.717, 1.165) is 41.5 Å². The summed E-state index contributed by atoms with van der Waals surface area (Å²) in [5, 5.41) is 9.64. The predicted octanol–water partition coefficient (Wildman–Crippen LogP) is 3.74. The molecule has 0 N–H and O–H groups in total.